The molecule has 2 aromatic rings. The summed E-state index contributed by atoms with van der Waals surface area (Å²) in [5, 5.41) is 2.81. The lowest BCUT2D eigenvalue weighted by Crippen LogP contribution is -2.31. The van der Waals surface area contributed by atoms with Gasteiger partial charge in [0.2, 0.25) is 15.9 Å². The van der Waals surface area contributed by atoms with Gasteiger partial charge in [-0.1, -0.05) is 50.2 Å². The van der Waals surface area contributed by atoms with E-state index in [4.69, 9.17) is 0 Å². The van der Waals surface area contributed by atoms with Gasteiger partial charge in [-0.15, -0.1) is 0 Å². The van der Waals surface area contributed by atoms with Gasteiger partial charge in [0.15, 0.2) is 0 Å². The minimum atomic E-state index is -3.58. The molecule has 0 fully saturated rings. The van der Waals surface area contributed by atoms with Crippen molar-refractivity contribution >= 4 is 21.6 Å². The molecule has 0 spiro atoms. The Bertz CT molecular complexity index is 894. The molecule has 28 heavy (non-hydrogen) atoms. The number of likely N-dealkylation sites (N-methyl/N-ethyl adjacent to an activating group) is 1. The zero-order valence-electron chi connectivity index (χ0n) is 17.0. The van der Waals surface area contributed by atoms with Crippen LogP contribution < -0.4 is 5.32 Å². The van der Waals surface area contributed by atoms with Crippen LogP contribution in [-0.2, 0) is 21.4 Å². The van der Waals surface area contributed by atoms with Gasteiger partial charge in [0.05, 0.1) is 11.4 Å². The number of hydrogen-bond acceptors (Lipinski definition) is 4. The van der Waals surface area contributed by atoms with Gasteiger partial charge in [0.1, 0.15) is 0 Å². The smallest absolute Gasteiger partial charge is 0.243 e. The van der Waals surface area contributed by atoms with Gasteiger partial charge in [-0.05, 0) is 37.2 Å². The standard InChI is InChI=1S/C21H29N3O3S/c1-5-24(6-2)28(26,27)20-14-19(13-12-17(20)3)22-21(25)16-23(4)15-18-10-8-7-9-11-18/h7-14H,5-6,15-16H2,1-4H3,(H,22,25). The van der Waals surface area contributed by atoms with Crippen molar-refractivity contribution in [3.8, 4) is 0 Å². The van der Waals surface area contributed by atoms with E-state index in [1.807, 2.05) is 56.1 Å². The molecule has 0 aliphatic rings. The zero-order chi connectivity index (χ0) is 20.7. The highest BCUT2D eigenvalue weighted by Crippen LogP contribution is 2.23. The first-order valence-electron chi connectivity index (χ1n) is 9.41. The van der Waals surface area contributed by atoms with E-state index in [1.165, 1.54) is 10.4 Å². The fourth-order valence-corrected chi connectivity index (χ4v) is 4.76. The Morgan fingerprint density at radius 2 is 1.68 bits per heavy atom. The van der Waals surface area contributed by atoms with Crippen LogP contribution in [0.1, 0.15) is 25.0 Å². The van der Waals surface area contributed by atoms with E-state index in [9.17, 15) is 13.2 Å². The third-order valence-electron chi connectivity index (χ3n) is 4.50. The van der Waals surface area contributed by atoms with Gasteiger partial charge in [-0.2, -0.15) is 4.31 Å². The number of nitrogens with zero attached hydrogens (tertiary/aromatic N) is 2. The Kier molecular flexibility index (Phi) is 7.74. The highest BCUT2D eigenvalue weighted by atomic mass is 32.2. The van der Waals surface area contributed by atoms with E-state index >= 15 is 0 Å². The number of amides is 1. The summed E-state index contributed by atoms with van der Waals surface area (Å²) in [5.74, 6) is -0.187. The van der Waals surface area contributed by atoms with Crippen LogP contribution in [0.4, 0.5) is 5.69 Å². The molecule has 0 aliphatic carbocycles. The summed E-state index contributed by atoms with van der Waals surface area (Å²) in [5.41, 5.74) is 2.27. The summed E-state index contributed by atoms with van der Waals surface area (Å²) in [6, 6.07) is 14.9. The predicted octanol–water partition coefficient (Wildman–Crippen LogP) is 3.10. The molecule has 0 bridgehead atoms. The Balaban J connectivity index is 2.09. The maximum absolute atomic E-state index is 12.8. The highest BCUT2D eigenvalue weighted by molar-refractivity contribution is 7.89. The molecule has 0 saturated carbocycles. The number of benzene rings is 2. The number of carbonyl (C=O) groups is 1. The van der Waals surface area contributed by atoms with Gasteiger partial charge < -0.3 is 5.32 Å². The Labute approximate surface area is 168 Å². The summed E-state index contributed by atoms with van der Waals surface area (Å²) in [4.78, 5) is 14.5. The average molecular weight is 404 g/mol. The summed E-state index contributed by atoms with van der Waals surface area (Å²) in [6.45, 7) is 7.05. The van der Waals surface area contributed by atoms with E-state index in [0.717, 1.165) is 5.56 Å². The Hall–Kier alpha value is -2.22. The maximum Gasteiger partial charge on any atom is 0.243 e. The predicted molar refractivity (Wildman–Crippen MR) is 113 cm³/mol. The van der Waals surface area contributed by atoms with Gasteiger partial charge in [0.25, 0.3) is 0 Å². The second-order valence-electron chi connectivity index (χ2n) is 6.78. The van der Waals surface area contributed by atoms with Crippen molar-refractivity contribution in [2.24, 2.45) is 0 Å². The molecule has 0 atom stereocenters. The number of nitrogens with one attached hydrogen (secondary N) is 1. The highest BCUT2D eigenvalue weighted by Gasteiger charge is 2.24. The third kappa shape index (κ3) is 5.64. The topological polar surface area (TPSA) is 69.7 Å². The largest absolute Gasteiger partial charge is 0.325 e. The number of rotatable bonds is 9. The van der Waals surface area contributed by atoms with E-state index in [0.29, 0.717) is 30.9 Å². The summed E-state index contributed by atoms with van der Waals surface area (Å²) in [7, 11) is -1.71. The molecule has 2 aromatic carbocycles. The lowest BCUT2D eigenvalue weighted by Gasteiger charge is -2.20. The van der Waals surface area contributed by atoms with Gasteiger partial charge in [0, 0.05) is 25.3 Å². The van der Waals surface area contributed by atoms with Gasteiger partial charge in [-0.25, -0.2) is 8.42 Å². The minimum absolute atomic E-state index is 0.187. The molecule has 0 unspecified atom stereocenters. The molecule has 0 radical (unpaired) electrons. The Morgan fingerprint density at radius 1 is 1.04 bits per heavy atom. The van der Waals surface area contributed by atoms with E-state index < -0.39 is 10.0 Å². The first kappa shape index (κ1) is 22.1. The fourth-order valence-electron chi connectivity index (χ4n) is 3.06. The first-order valence-corrected chi connectivity index (χ1v) is 10.8. The van der Waals surface area contributed by atoms with Crippen LogP contribution in [-0.4, -0.2) is 50.2 Å². The lowest BCUT2D eigenvalue weighted by molar-refractivity contribution is -0.117. The van der Waals surface area contributed by atoms with Crippen LogP contribution in [0.5, 0.6) is 0 Å². The average Bonchev–Trinajstić information content (AvgIpc) is 2.64. The van der Waals surface area contributed by atoms with Crippen molar-refractivity contribution in [3.05, 3.63) is 59.7 Å². The second kappa shape index (κ2) is 9.82. The molecular formula is C21H29N3O3S. The molecular weight excluding hydrogens is 374 g/mol. The van der Waals surface area contributed by atoms with E-state index in [1.54, 1.807) is 19.1 Å². The second-order valence-corrected chi connectivity index (χ2v) is 8.68. The number of aryl methyl sites for hydroxylation is 1. The lowest BCUT2D eigenvalue weighted by atomic mass is 10.2. The van der Waals surface area contributed by atoms with E-state index in [2.05, 4.69) is 5.32 Å². The molecule has 0 aromatic heterocycles. The fraction of sp³-hybridized carbons (Fsp3) is 0.381. The van der Waals surface area contributed by atoms with Crippen molar-refractivity contribution in [3.63, 3.8) is 0 Å². The first-order chi connectivity index (χ1) is 13.3. The zero-order valence-corrected chi connectivity index (χ0v) is 17.8. The molecule has 1 N–H and O–H groups in total. The maximum atomic E-state index is 12.8. The van der Waals surface area contributed by atoms with Crippen molar-refractivity contribution in [2.75, 3.05) is 32.0 Å². The Morgan fingerprint density at radius 3 is 2.29 bits per heavy atom. The molecule has 0 aliphatic heterocycles. The molecule has 152 valence electrons. The SMILES string of the molecule is CCN(CC)S(=O)(=O)c1cc(NC(=O)CN(C)Cc2ccccc2)ccc1C. The number of hydrogen-bond donors (Lipinski definition) is 1. The quantitative estimate of drug-likeness (QED) is 0.699. The number of carbonyl (C=O) groups excluding carboxylic acids is 1. The van der Waals surface area contributed by atoms with Crippen LogP contribution in [0.2, 0.25) is 0 Å². The van der Waals surface area contributed by atoms with Gasteiger partial charge >= 0.3 is 0 Å². The molecule has 7 heteroatoms. The van der Waals surface area contributed by atoms with Crippen LogP contribution >= 0.6 is 0 Å². The molecule has 2 rings (SSSR count). The molecule has 0 heterocycles. The van der Waals surface area contributed by atoms with Crippen LogP contribution in [0.3, 0.4) is 0 Å². The van der Waals surface area contributed by atoms with Crippen molar-refractivity contribution in [2.45, 2.75) is 32.2 Å². The minimum Gasteiger partial charge on any atom is -0.325 e. The third-order valence-corrected chi connectivity index (χ3v) is 6.70. The summed E-state index contributed by atoms with van der Waals surface area (Å²) < 4.78 is 27.1. The van der Waals surface area contributed by atoms with Crippen molar-refractivity contribution in [1.82, 2.24) is 9.21 Å². The van der Waals surface area contributed by atoms with Gasteiger partial charge in [-0.3, -0.25) is 9.69 Å². The number of anilines is 1. The van der Waals surface area contributed by atoms with Crippen molar-refractivity contribution < 1.29 is 13.2 Å². The van der Waals surface area contributed by atoms with Crippen LogP contribution in [0.15, 0.2) is 53.4 Å². The summed E-state index contributed by atoms with van der Waals surface area (Å²) >= 11 is 0. The number of sulfonamides is 1. The van der Waals surface area contributed by atoms with Crippen LogP contribution in [0.25, 0.3) is 0 Å². The molecule has 1 amide bonds. The molecule has 0 saturated heterocycles. The van der Waals surface area contributed by atoms with Crippen LogP contribution in [0, 0.1) is 6.92 Å². The van der Waals surface area contributed by atoms with Crippen molar-refractivity contribution in [1.29, 1.82) is 0 Å². The normalized spacial score (nSPS) is 11.8. The van der Waals surface area contributed by atoms with E-state index in [-0.39, 0.29) is 17.3 Å². The molecule has 6 nitrogen and oxygen atoms in total. The monoisotopic (exact) mass is 403 g/mol. The summed E-state index contributed by atoms with van der Waals surface area (Å²) in [6.07, 6.45) is 0.